The summed E-state index contributed by atoms with van der Waals surface area (Å²) in [6.45, 7) is 13.7. The second kappa shape index (κ2) is 26.9. The Morgan fingerprint density at radius 2 is 1.57 bits per heavy atom. The molecular weight excluding hydrogens is 998 g/mol. The van der Waals surface area contributed by atoms with E-state index in [0.717, 1.165) is 92.6 Å². The Labute approximate surface area is 449 Å². The maximum atomic E-state index is 14.1. The van der Waals surface area contributed by atoms with Gasteiger partial charge < -0.3 is 47.6 Å². The molecule has 4 unspecified atom stereocenters. The van der Waals surface area contributed by atoms with Gasteiger partial charge in [0.15, 0.2) is 5.82 Å². The summed E-state index contributed by atoms with van der Waals surface area (Å²) in [6.07, 6.45) is 10.4. The van der Waals surface area contributed by atoms with Crippen LogP contribution in [0.15, 0.2) is 64.1 Å². The second-order valence-electron chi connectivity index (χ2n) is 21.1. The number of aryl methyl sites for hydroxylation is 1. The van der Waals surface area contributed by atoms with Gasteiger partial charge in [-0.15, -0.1) is 11.3 Å². The monoisotopic (exact) mass is 1070 g/mol. The number of carbonyl (C=O) groups is 5. The lowest BCUT2D eigenvalue weighted by Crippen LogP contribution is -2.57. The highest BCUT2D eigenvalue weighted by Crippen LogP contribution is 2.39. The topological polar surface area (TPSA) is 251 Å². The summed E-state index contributed by atoms with van der Waals surface area (Å²) in [5, 5.41) is 23.2. The van der Waals surface area contributed by atoms with Crippen molar-refractivity contribution < 1.29 is 29.1 Å². The summed E-state index contributed by atoms with van der Waals surface area (Å²) in [4.78, 5) is 85.1. The molecule has 2 aromatic heterocycles. The molecule has 0 saturated carbocycles. The number of nitrogens with two attached hydrogens (primary N) is 2. The summed E-state index contributed by atoms with van der Waals surface area (Å²) >= 11 is 9.54. The zero-order valence-electron chi connectivity index (χ0n) is 43.8. The van der Waals surface area contributed by atoms with E-state index in [4.69, 9.17) is 23.1 Å². The molecule has 2 aliphatic heterocycles. The quantitative estimate of drug-likeness (QED) is 0.0327. The number of nitrogens with one attached hydrogen (secondary N) is 4. The number of hydrogen-bond donors (Lipinski definition) is 7. The number of hydrogen-bond acceptors (Lipinski definition) is 14. The van der Waals surface area contributed by atoms with Gasteiger partial charge in [0, 0.05) is 62.3 Å². The number of piperidine rings is 1. The van der Waals surface area contributed by atoms with Gasteiger partial charge in [0.25, 0.3) is 0 Å². The number of halogens is 1. The predicted molar refractivity (Wildman–Crippen MR) is 295 cm³/mol. The molecule has 4 heterocycles. The van der Waals surface area contributed by atoms with Crippen LogP contribution >= 0.6 is 34.7 Å². The van der Waals surface area contributed by atoms with Crippen LogP contribution in [0.25, 0.3) is 10.4 Å². The van der Waals surface area contributed by atoms with Crippen LogP contribution in [-0.4, -0.2) is 104 Å². The third kappa shape index (κ3) is 16.8. The smallest absolute Gasteiger partial charge is 0.246 e. The van der Waals surface area contributed by atoms with Gasteiger partial charge in [-0.3, -0.25) is 24.0 Å². The van der Waals surface area contributed by atoms with Crippen molar-refractivity contribution >= 4 is 81.6 Å². The highest BCUT2D eigenvalue weighted by atomic mass is 35.5. The molecule has 2 fully saturated rings. The van der Waals surface area contributed by atoms with Gasteiger partial charge in [-0.1, -0.05) is 113 Å². The molecule has 2 aromatic carbocycles. The fourth-order valence-electron chi connectivity index (χ4n) is 9.13. The first-order chi connectivity index (χ1) is 35.2. The van der Waals surface area contributed by atoms with E-state index in [-0.39, 0.29) is 79.2 Å². The van der Waals surface area contributed by atoms with Crippen molar-refractivity contribution in [3.63, 3.8) is 0 Å². The summed E-state index contributed by atoms with van der Waals surface area (Å²) in [5.74, 6) is -0.462. The second-order valence-corrected chi connectivity index (χ2v) is 23.4. The van der Waals surface area contributed by atoms with Crippen LogP contribution in [0.4, 0.5) is 17.3 Å². The number of benzene rings is 2. The summed E-state index contributed by atoms with van der Waals surface area (Å²) < 4.78 is 0. The van der Waals surface area contributed by atoms with E-state index in [2.05, 4.69) is 48.0 Å². The Hall–Kier alpha value is -5.34. The number of nitrogens with zero attached hydrogens (tertiary/aromatic N) is 5. The van der Waals surface area contributed by atoms with E-state index in [1.807, 2.05) is 70.5 Å². The minimum absolute atomic E-state index is 0.00645. The minimum Gasteiger partial charge on any atom is -0.391 e. The minimum atomic E-state index is -0.874. The molecule has 402 valence electrons. The zero-order valence-corrected chi connectivity index (χ0v) is 46.2. The average molecular weight is 1070 g/mol. The van der Waals surface area contributed by atoms with E-state index < -0.39 is 23.6 Å². The molecule has 5 amide bonds. The van der Waals surface area contributed by atoms with Gasteiger partial charge >= 0.3 is 0 Å². The molecular formula is C54H76ClN11O6S2. The standard InChI is InChI=1S/C54H76ClN11O6S2/c1-34(36-19-21-37(22-20-36)47-35(2)60-33-73-47)61-50(71)40-30-38(67)32-66(40)52(72)48(53(3,4)5)64-44(69)18-13-11-9-7-8-10-12-14-27-58-43(68)23-24-45(70)62-39-16-15-17-41(46(39)55)74-51-49(56)63-42(31-59-51)65-28-25-54(6,57)26-29-65/h15-17,19-22,31,33-34,38,40,48,67H,7-14,18,23-30,32,57H2,1-6H3,(H2,56,63)(H,58,68)(H,61,71)(H,62,70)(H,64,69). The van der Waals surface area contributed by atoms with Gasteiger partial charge in [-0.2, -0.15) is 0 Å². The molecule has 4 atom stereocenters. The van der Waals surface area contributed by atoms with E-state index in [1.54, 1.807) is 29.7 Å². The van der Waals surface area contributed by atoms with E-state index in [0.29, 0.717) is 39.4 Å². The highest BCUT2D eigenvalue weighted by Gasteiger charge is 2.44. The fourth-order valence-corrected chi connectivity index (χ4v) is 11.0. The molecule has 0 aliphatic carbocycles. The molecule has 17 nitrogen and oxygen atoms in total. The maximum Gasteiger partial charge on any atom is 0.246 e. The molecule has 20 heteroatoms. The van der Waals surface area contributed by atoms with E-state index >= 15 is 0 Å². The average Bonchev–Trinajstić information content (AvgIpc) is 3.98. The first-order valence-corrected chi connectivity index (χ1v) is 28.0. The normalized spacial score (nSPS) is 17.4. The van der Waals surface area contributed by atoms with Crippen molar-refractivity contribution in [1.29, 1.82) is 0 Å². The van der Waals surface area contributed by atoms with Gasteiger partial charge in [0.2, 0.25) is 29.5 Å². The Balaban J connectivity index is 0.814. The lowest BCUT2D eigenvalue weighted by molar-refractivity contribution is -0.144. The van der Waals surface area contributed by atoms with Crippen LogP contribution in [0.1, 0.15) is 142 Å². The van der Waals surface area contributed by atoms with Crippen molar-refractivity contribution in [2.75, 3.05) is 42.1 Å². The van der Waals surface area contributed by atoms with Gasteiger partial charge in [0.1, 0.15) is 22.9 Å². The summed E-state index contributed by atoms with van der Waals surface area (Å²) in [6, 6.07) is 11.2. The van der Waals surface area contributed by atoms with Crippen LogP contribution in [0.2, 0.25) is 5.02 Å². The Morgan fingerprint density at radius 1 is 0.905 bits per heavy atom. The lowest BCUT2D eigenvalue weighted by Gasteiger charge is -2.37. The van der Waals surface area contributed by atoms with Crippen molar-refractivity contribution in [2.24, 2.45) is 11.1 Å². The molecule has 2 saturated heterocycles. The molecule has 0 bridgehead atoms. The third-order valence-electron chi connectivity index (χ3n) is 13.7. The number of nitrogen functional groups attached to an aromatic ring is 1. The maximum absolute atomic E-state index is 14.1. The molecule has 0 radical (unpaired) electrons. The number of rotatable bonds is 24. The number of unbranched alkanes of at least 4 members (excludes halogenated alkanes) is 7. The van der Waals surface area contributed by atoms with Crippen LogP contribution in [0, 0.1) is 12.3 Å². The molecule has 2 aliphatic rings. The Morgan fingerprint density at radius 3 is 2.22 bits per heavy atom. The fraction of sp³-hybridized carbons (Fsp3) is 0.556. The number of anilines is 3. The first-order valence-electron chi connectivity index (χ1n) is 26.0. The predicted octanol–water partition coefficient (Wildman–Crippen LogP) is 8.33. The van der Waals surface area contributed by atoms with Crippen LogP contribution in [0.3, 0.4) is 0 Å². The van der Waals surface area contributed by atoms with Crippen LogP contribution in [0.5, 0.6) is 0 Å². The number of likely N-dealkylation sites (tertiary alicyclic amines) is 1. The molecule has 74 heavy (non-hydrogen) atoms. The Kier molecular flexibility index (Phi) is 21.1. The number of β-amino-alcohol motifs (C(OH)–C–C–N with tert-alkyl or cyclic N) is 1. The van der Waals surface area contributed by atoms with Gasteiger partial charge in [-0.05, 0) is 75.1 Å². The highest BCUT2D eigenvalue weighted by molar-refractivity contribution is 7.99. The van der Waals surface area contributed by atoms with Crippen molar-refractivity contribution in [3.05, 3.63) is 70.5 Å². The zero-order chi connectivity index (χ0) is 53.6. The van der Waals surface area contributed by atoms with Crippen LogP contribution < -0.4 is 37.6 Å². The summed E-state index contributed by atoms with van der Waals surface area (Å²) in [7, 11) is 0. The number of aliphatic hydroxyl groups is 1. The molecule has 6 rings (SSSR count). The van der Waals surface area contributed by atoms with Gasteiger partial charge in [0.05, 0.1) is 45.1 Å². The lowest BCUT2D eigenvalue weighted by atomic mass is 9.85. The molecule has 4 aromatic rings. The molecule has 9 N–H and O–H groups in total. The number of aliphatic hydroxyl groups excluding tert-OH is 1. The number of thiazole rings is 1. The molecule has 0 spiro atoms. The van der Waals surface area contributed by atoms with E-state index in [9.17, 15) is 29.1 Å². The van der Waals surface area contributed by atoms with Crippen molar-refractivity contribution in [1.82, 2.24) is 35.8 Å². The van der Waals surface area contributed by atoms with Gasteiger partial charge in [-0.25, -0.2) is 15.0 Å². The third-order valence-corrected chi connectivity index (χ3v) is 16.3. The largest absolute Gasteiger partial charge is 0.391 e. The summed E-state index contributed by atoms with van der Waals surface area (Å²) in [5.41, 5.74) is 16.9. The number of aromatic nitrogens is 3. The number of amides is 5. The Bertz CT molecular complexity index is 2550. The van der Waals surface area contributed by atoms with Crippen molar-refractivity contribution in [3.8, 4) is 10.4 Å². The number of carbonyl (C=O) groups excluding carboxylic acids is 5. The van der Waals surface area contributed by atoms with Crippen molar-refractivity contribution in [2.45, 2.75) is 171 Å². The van der Waals surface area contributed by atoms with E-state index in [1.165, 1.54) is 16.7 Å². The first kappa shape index (κ1) is 57.9. The van der Waals surface area contributed by atoms with Crippen LogP contribution in [-0.2, 0) is 24.0 Å². The SMILES string of the molecule is Cc1ncsc1-c1ccc(C(C)NC(=O)C2CC(O)CN2C(=O)C(NC(=O)CCCCCCCCCCNC(=O)CCC(=O)Nc2cccc(Sc3ncc(N4CCC(C)(N)CC4)nc3N)c2Cl)C(C)(C)C)cc1.